The molecule has 0 spiro atoms. The van der Waals surface area contributed by atoms with E-state index in [0.717, 1.165) is 11.0 Å². The molecule has 1 aromatic heterocycles. The van der Waals surface area contributed by atoms with Crippen LogP contribution in [0.5, 0.6) is 0 Å². The van der Waals surface area contributed by atoms with Crippen LogP contribution in [0.4, 0.5) is 0 Å². The summed E-state index contributed by atoms with van der Waals surface area (Å²) in [6.07, 6.45) is 2.16. The van der Waals surface area contributed by atoms with Crippen LogP contribution < -0.4 is 0 Å². The van der Waals surface area contributed by atoms with Crippen LogP contribution in [0.15, 0.2) is 89.5 Å². The Morgan fingerprint density at radius 1 is 0.739 bits per heavy atom. The van der Waals surface area contributed by atoms with Crippen molar-refractivity contribution in [2.75, 3.05) is 0 Å². The molecule has 0 aliphatic heterocycles. The van der Waals surface area contributed by atoms with Gasteiger partial charge in [0, 0.05) is 22.7 Å². The number of halogens is 1. The normalized spacial score (nSPS) is 11.0. The first-order chi connectivity index (χ1) is 11.3. The Morgan fingerprint density at radius 2 is 1.48 bits per heavy atom. The first-order valence-electron chi connectivity index (χ1n) is 7.69. The van der Waals surface area contributed by atoms with E-state index in [4.69, 9.17) is 0 Å². The molecule has 4 aromatic rings. The molecule has 0 saturated carbocycles. The van der Waals surface area contributed by atoms with Gasteiger partial charge in [-0.25, -0.2) is 0 Å². The van der Waals surface area contributed by atoms with Crippen LogP contribution in [0.3, 0.4) is 0 Å². The lowest BCUT2D eigenvalue weighted by molar-refractivity contribution is 0.837. The molecule has 4 rings (SSSR count). The van der Waals surface area contributed by atoms with Gasteiger partial charge in [0.2, 0.25) is 0 Å². The fourth-order valence-corrected chi connectivity index (χ4v) is 3.47. The number of fused-ring (bicyclic) bond motifs is 1. The summed E-state index contributed by atoms with van der Waals surface area (Å²) in [6, 6.07) is 27.8. The maximum atomic E-state index is 3.62. The zero-order valence-electron chi connectivity index (χ0n) is 12.6. The minimum Gasteiger partial charge on any atom is -0.343 e. The van der Waals surface area contributed by atoms with Crippen molar-refractivity contribution in [3.05, 3.63) is 95.1 Å². The van der Waals surface area contributed by atoms with Crippen molar-refractivity contribution in [3.8, 4) is 11.1 Å². The van der Waals surface area contributed by atoms with Gasteiger partial charge in [0.1, 0.15) is 0 Å². The monoisotopic (exact) mass is 361 g/mol. The molecule has 0 saturated heterocycles. The third kappa shape index (κ3) is 2.82. The van der Waals surface area contributed by atoms with Gasteiger partial charge in [-0.1, -0.05) is 76.6 Å². The molecule has 0 atom stereocenters. The smallest absolute Gasteiger partial charge is 0.0483 e. The van der Waals surface area contributed by atoms with E-state index in [1.807, 2.05) is 6.07 Å². The van der Waals surface area contributed by atoms with Gasteiger partial charge in [0.05, 0.1) is 0 Å². The highest BCUT2D eigenvalue weighted by molar-refractivity contribution is 9.10. The summed E-state index contributed by atoms with van der Waals surface area (Å²) in [7, 11) is 0. The zero-order valence-corrected chi connectivity index (χ0v) is 14.2. The van der Waals surface area contributed by atoms with Crippen molar-refractivity contribution in [3.63, 3.8) is 0 Å². The van der Waals surface area contributed by atoms with Crippen molar-refractivity contribution in [1.29, 1.82) is 0 Å². The van der Waals surface area contributed by atoms with E-state index >= 15 is 0 Å². The molecule has 0 radical (unpaired) electrons. The van der Waals surface area contributed by atoms with E-state index in [1.165, 1.54) is 27.6 Å². The van der Waals surface area contributed by atoms with E-state index < -0.39 is 0 Å². The minimum absolute atomic E-state index is 0.893. The molecule has 0 aliphatic rings. The number of benzene rings is 3. The average Bonchev–Trinajstić information content (AvgIpc) is 2.99. The summed E-state index contributed by atoms with van der Waals surface area (Å²) in [5.74, 6) is 0. The van der Waals surface area contributed by atoms with Crippen molar-refractivity contribution in [1.82, 2.24) is 4.57 Å². The molecular weight excluding hydrogens is 346 g/mol. The number of hydrogen-bond acceptors (Lipinski definition) is 0. The zero-order chi connectivity index (χ0) is 15.6. The van der Waals surface area contributed by atoms with Crippen molar-refractivity contribution >= 4 is 26.8 Å². The highest BCUT2D eigenvalue weighted by Crippen LogP contribution is 2.28. The number of nitrogens with zero attached hydrogens (tertiary/aromatic N) is 1. The SMILES string of the molecule is Brc1ccccc1-c1ccc(Cn2ccc3ccccc32)cc1. The molecule has 0 unspecified atom stereocenters. The van der Waals surface area contributed by atoms with Crippen LogP contribution >= 0.6 is 15.9 Å². The van der Waals surface area contributed by atoms with E-state index in [9.17, 15) is 0 Å². The fourth-order valence-electron chi connectivity index (χ4n) is 2.96. The maximum absolute atomic E-state index is 3.62. The van der Waals surface area contributed by atoms with E-state index in [1.54, 1.807) is 0 Å². The van der Waals surface area contributed by atoms with Crippen LogP contribution in [0, 0.1) is 0 Å². The van der Waals surface area contributed by atoms with E-state index in [0.29, 0.717) is 0 Å². The molecule has 0 aliphatic carbocycles. The molecule has 3 aromatic carbocycles. The van der Waals surface area contributed by atoms with E-state index in [-0.39, 0.29) is 0 Å². The Morgan fingerprint density at radius 3 is 2.30 bits per heavy atom. The summed E-state index contributed by atoms with van der Waals surface area (Å²) in [4.78, 5) is 0. The summed E-state index contributed by atoms with van der Waals surface area (Å²) in [5.41, 5.74) is 5.05. The van der Waals surface area contributed by atoms with Gasteiger partial charge in [0.15, 0.2) is 0 Å². The number of aromatic nitrogens is 1. The second-order valence-electron chi connectivity index (χ2n) is 5.68. The van der Waals surface area contributed by atoms with Gasteiger partial charge in [-0.15, -0.1) is 0 Å². The van der Waals surface area contributed by atoms with Crippen LogP contribution in [0.1, 0.15) is 5.56 Å². The predicted molar refractivity (Wildman–Crippen MR) is 101 cm³/mol. The van der Waals surface area contributed by atoms with Crippen molar-refractivity contribution in [2.45, 2.75) is 6.54 Å². The third-order valence-electron chi connectivity index (χ3n) is 4.17. The van der Waals surface area contributed by atoms with Crippen molar-refractivity contribution < 1.29 is 0 Å². The second kappa shape index (κ2) is 6.05. The lowest BCUT2D eigenvalue weighted by Crippen LogP contribution is -1.97. The Bertz CT molecular complexity index is 951. The summed E-state index contributed by atoms with van der Waals surface area (Å²) >= 11 is 3.62. The Hall–Kier alpha value is -2.32. The lowest BCUT2D eigenvalue weighted by Gasteiger charge is -2.08. The van der Waals surface area contributed by atoms with Gasteiger partial charge in [-0.2, -0.15) is 0 Å². The van der Waals surface area contributed by atoms with Gasteiger partial charge < -0.3 is 4.57 Å². The molecule has 112 valence electrons. The van der Waals surface area contributed by atoms with Gasteiger partial charge >= 0.3 is 0 Å². The Balaban J connectivity index is 1.63. The molecular formula is C21H16BrN. The highest BCUT2D eigenvalue weighted by Gasteiger charge is 2.04. The molecule has 1 heterocycles. The lowest BCUT2D eigenvalue weighted by atomic mass is 10.0. The minimum atomic E-state index is 0.893. The second-order valence-corrected chi connectivity index (χ2v) is 6.53. The predicted octanol–water partition coefficient (Wildman–Crippen LogP) is 6.12. The number of rotatable bonds is 3. The summed E-state index contributed by atoms with van der Waals surface area (Å²) < 4.78 is 3.42. The quantitative estimate of drug-likeness (QED) is 0.414. The Kier molecular flexibility index (Phi) is 3.76. The molecule has 0 bridgehead atoms. The van der Waals surface area contributed by atoms with Crippen LogP contribution in [-0.4, -0.2) is 4.57 Å². The first kappa shape index (κ1) is 14.3. The van der Waals surface area contributed by atoms with Gasteiger partial charge in [-0.05, 0) is 40.3 Å². The maximum Gasteiger partial charge on any atom is 0.0483 e. The van der Waals surface area contributed by atoms with Crippen LogP contribution in [0.25, 0.3) is 22.0 Å². The molecule has 2 heteroatoms. The third-order valence-corrected chi connectivity index (χ3v) is 4.86. The van der Waals surface area contributed by atoms with Crippen LogP contribution in [0.2, 0.25) is 0 Å². The standard InChI is InChI=1S/C21H16BrN/c22-20-7-3-2-6-19(20)17-11-9-16(10-12-17)15-23-14-13-18-5-1-4-8-21(18)23/h1-14H,15H2. The van der Waals surface area contributed by atoms with Gasteiger partial charge in [-0.3, -0.25) is 0 Å². The topological polar surface area (TPSA) is 4.93 Å². The Labute approximate surface area is 144 Å². The fraction of sp³-hybridized carbons (Fsp3) is 0.0476. The highest BCUT2D eigenvalue weighted by atomic mass is 79.9. The molecule has 23 heavy (non-hydrogen) atoms. The molecule has 0 N–H and O–H groups in total. The average molecular weight is 362 g/mol. The first-order valence-corrected chi connectivity index (χ1v) is 8.48. The number of para-hydroxylation sites is 1. The molecule has 0 fully saturated rings. The largest absolute Gasteiger partial charge is 0.343 e. The van der Waals surface area contributed by atoms with Crippen LogP contribution in [-0.2, 0) is 6.54 Å². The van der Waals surface area contributed by atoms with E-state index in [2.05, 4.69) is 99.5 Å². The summed E-state index contributed by atoms with van der Waals surface area (Å²) in [5, 5.41) is 1.29. The molecule has 1 nitrogen and oxygen atoms in total. The summed E-state index contributed by atoms with van der Waals surface area (Å²) in [6.45, 7) is 0.893. The van der Waals surface area contributed by atoms with Crippen molar-refractivity contribution in [2.24, 2.45) is 0 Å². The van der Waals surface area contributed by atoms with Gasteiger partial charge in [0.25, 0.3) is 0 Å². The number of hydrogen-bond donors (Lipinski definition) is 0. The molecule has 0 amide bonds.